The highest BCUT2D eigenvalue weighted by atomic mass is 19.1. The zero-order valence-corrected chi connectivity index (χ0v) is 14.2. The molecule has 1 aliphatic rings. The zero-order chi connectivity index (χ0) is 16.9. The summed E-state index contributed by atoms with van der Waals surface area (Å²) in [5.41, 5.74) is 2.02. The Morgan fingerprint density at radius 1 is 1.25 bits per heavy atom. The van der Waals surface area contributed by atoms with E-state index in [1.807, 2.05) is 18.0 Å². The van der Waals surface area contributed by atoms with E-state index >= 15 is 0 Å². The average molecular weight is 330 g/mol. The van der Waals surface area contributed by atoms with E-state index in [4.69, 9.17) is 4.74 Å². The van der Waals surface area contributed by atoms with E-state index in [0.717, 1.165) is 37.2 Å². The Bertz CT molecular complexity index is 659. The monoisotopic (exact) mass is 330 g/mol. The first-order chi connectivity index (χ1) is 11.7. The molecule has 3 rings (SSSR count). The van der Waals surface area contributed by atoms with Gasteiger partial charge in [-0.15, -0.1) is 0 Å². The van der Waals surface area contributed by atoms with E-state index in [-0.39, 0.29) is 5.82 Å². The lowest BCUT2D eigenvalue weighted by atomic mass is 10.0. The Kier molecular flexibility index (Phi) is 5.25. The lowest BCUT2D eigenvalue weighted by Gasteiger charge is -2.34. The molecule has 2 heterocycles. The van der Waals surface area contributed by atoms with Gasteiger partial charge in [0.1, 0.15) is 5.82 Å². The number of halogens is 1. The fourth-order valence-corrected chi connectivity index (χ4v) is 3.14. The number of benzene rings is 1. The molecule has 0 bridgehead atoms. The van der Waals surface area contributed by atoms with Crippen LogP contribution in [0.5, 0.6) is 0 Å². The van der Waals surface area contributed by atoms with Gasteiger partial charge in [-0.1, -0.05) is 0 Å². The van der Waals surface area contributed by atoms with Crippen LogP contribution in [0.2, 0.25) is 0 Å². The van der Waals surface area contributed by atoms with Crippen LogP contribution < -0.4 is 9.80 Å². The molecule has 24 heavy (non-hydrogen) atoms. The maximum atomic E-state index is 13.8. The summed E-state index contributed by atoms with van der Waals surface area (Å²) < 4.78 is 19.2. The van der Waals surface area contributed by atoms with Crippen LogP contribution >= 0.6 is 0 Å². The van der Waals surface area contributed by atoms with Crippen molar-refractivity contribution in [3.05, 3.63) is 48.0 Å². The molecule has 0 aliphatic carbocycles. The molecule has 0 spiro atoms. The van der Waals surface area contributed by atoms with Crippen LogP contribution in [-0.2, 0) is 11.3 Å². The van der Waals surface area contributed by atoms with Crippen molar-refractivity contribution < 1.29 is 9.13 Å². The normalized spacial score (nSPS) is 15.5. The van der Waals surface area contributed by atoms with Crippen LogP contribution in [-0.4, -0.2) is 43.3 Å². The van der Waals surface area contributed by atoms with Gasteiger partial charge in [0, 0.05) is 51.9 Å². The van der Waals surface area contributed by atoms with Crippen molar-refractivity contribution in [1.82, 2.24) is 9.97 Å². The van der Waals surface area contributed by atoms with E-state index < -0.39 is 0 Å². The number of aromatic nitrogens is 2. The van der Waals surface area contributed by atoms with Crippen LogP contribution in [0.15, 0.2) is 36.7 Å². The first kappa shape index (κ1) is 16.6. The summed E-state index contributed by atoms with van der Waals surface area (Å²) in [6.45, 7) is 2.40. The molecule has 0 unspecified atom stereocenters. The van der Waals surface area contributed by atoms with E-state index in [0.29, 0.717) is 18.6 Å². The number of anilines is 2. The Labute approximate surface area is 142 Å². The Balaban J connectivity index is 1.79. The summed E-state index contributed by atoms with van der Waals surface area (Å²) in [5.74, 6) is 0.411. The van der Waals surface area contributed by atoms with E-state index in [1.165, 1.54) is 6.07 Å². The Morgan fingerprint density at radius 3 is 2.62 bits per heavy atom. The standard InChI is InChI=1S/C18H23FN4O/c1-22(18-20-8-3-9-21-18)13-14-12-15(19)4-5-17(14)23-10-6-16(24-2)7-11-23/h3-5,8-9,12,16H,6-7,10-11,13H2,1-2H3. The third kappa shape index (κ3) is 3.82. The molecule has 1 aromatic carbocycles. The van der Waals surface area contributed by atoms with Crippen LogP contribution in [0.25, 0.3) is 0 Å². The zero-order valence-electron chi connectivity index (χ0n) is 14.2. The molecule has 5 nitrogen and oxygen atoms in total. The second-order valence-corrected chi connectivity index (χ2v) is 6.10. The quantitative estimate of drug-likeness (QED) is 0.843. The molecule has 1 fully saturated rings. The maximum Gasteiger partial charge on any atom is 0.225 e. The Hall–Kier alpha value is -2.21. The maximum absolute atomic E-state index is 13.8. The van der Waals surface area contributed by atoms with Gasteiger partial charge in [0.2, 0.25) is 5.95 Å². The summed E-state index contributed by atoms with van der Waals surface area (Å²) in [6, 6.07) is 6.79. The van der Waals surface area contributed by atoms with Gasteiger partial charge < -0.3 is 14.5 Å². The smallest absolute Gasteiger partial charge is 0.225 e. The molecule has 0 atom stereocenters. The summed E-state index contributed by atoms with van der Waals surface area (Å²) in [7, 11) is 3.68. The van der Waals surface area contributed by atoms with Crippen LogP contribution in [0, 0.1) is 5.82 Å². The highest BCUT2D eigenvalue weighted by molar-refractivity contribution is 5.55. The molecule has 0 N–H and O–H groups in total. The van der Waals surface area contributed by atoms with Crippen molar-refractivity contribution in [3.63, 3.8) is 0 Å². The summed E-state index contributed by atoms with van der Waals surface area (Å²) in [4.78, 5) is 12.7. The molecule has 128 valence electrons. The van der Waals surface area contributed by atoms with Crippen molar-refractivity contribution in [1.29, 1.82) is 0 Å². The fraction of sp³-hybridized carbons (Fsp3) is 0.444. The fourth-order valence-electron chi connectivity index (χ4n) is 3.14. The summed E-state index contributed by atoms with van der Waals surface area (Å²) >= 11 is 0. The second kappa shape index (κ2) is 7.57. The molecule has 0 saturated carbocycles. The molecular weight excluding hydrogens is 307 g/mol. The van der Waals surface area contributed by atoms with Crippen molar-refractivity contribution >= 4 is 11.6 Å². The minimum Gasteiger partial charge on any atom is -0.381 e. The van der Waals surface area contributed by atoms with Gasteiger partial charge >= 0.3 is 0 Å². The number of methoxy groups -OCH3 is 1. The van der Waals surface area contributed by atoms with Crippen molar-refractivity contribution in [2.24, 2.45) is 0 Å². The first-order valence-corrected chi connectivity index (χ1v) is 8.21. The van der Waals surface area contributed by atoms with E-state index in [9.17, 15) is 4.39 Å². The van der Waals surface area contributed by atoms with Gasteiger partial charge in [-0.25, -0.2) is 14.4 Å². The topological polar surface area (TPSA) is 41.5 Å². The molecule has 1 aliphatic heterocycles. The summed E-state index contributed by atoms with van der Waals surface area (Å²) in [5, 5.41) is 0. The summed E-state index contributed by atoms with van der Waals surface area (Å²) in [6.07, 6.45) is 5.72. The predicted octanol–water partition coefficient (Wildman–Crippen LogP) is 2.87. The molecule has 2 aromatic rings. The van der Waals surface area contributed by atoms with Crippen LogP contribution in [0.4, 0.5) is 16.0 Å². The Morgan fingerprint density at radius 2 is 1.96 bits per heavy atom. The van der Waals surface area contributed by atoms with E-state index in [2.05, 4.69) is 14.9 Å². The van der Waals surface area contributed by atoms with Crippen molar-refractivity contribution in [2.75, 3.05) is 37.0 Å². The lowest BCUT2D eigenvalue weighted by Crippen LogP contribution is -2.37. The van der Waals surface area contributed by atoms with Gasteiger partial charge in [-0.3, -0.25) is 0 Å². The lowest BCUT2D eigenvalue weighted by molar-refractivity contribution is 0.0819. The molecule has 0 amide bonds. The van der Waals surface area contributed by atoms with Gasteiger partial charge in [-0.2, -0.15) is 0 Å². The van der Waals surface area contributed by atoms with Crippen LogP contribution in [0.1, 0.15) is 18.4 Å². The van der Waals surface area contributed by atoms with Gasteiger partial charge in [0.25, 0.3) is 0 Å². The number of hydrogen-bond acceptors (Lipinski definition) is 5. The predicted molar refractivity (Wildman–Crippen MR) is 92.8 cm³/mol. The molecule has 1 aromatic heterocycles. The molecule has 6 heteroatoms. The second-order valence-electron chi connectivity index (χ2n) is 6.10. The van der Waals surface area contributed by atoms with E-state index in [1.54, 1.807) is 31.6 Å². The largest absolute Gasteiger partial charge is 0.381 e. The van der Waals surface area contributed by atoms with Crippen LogP contribution in [0.3, 0.4) is 0 Å². The highest BCUT2D eigenvalue weighted by Gasteiger charge is 2.21. The number of nitrogens with zero attached hydrogens (tertiary/aromatic N) is 4. The average Bonchev–Trinajstić information content (AvgIpc) is 2.63. The number of ether oxygens (including phenoxy) is 1. The minimum absolute atomic E-state index is 0.220. The van der Waals surface area contributed by atoms with Gasteiger partial charge in [-0.05, 0) is 42.7 Å². The molecule has 1 saturated heterocycles. The first-order valence-electron chi connectivity index (χ1n) is 8.21. The van der Waals surface area contributed by atoms with Gasteiger partial charge in [0.15, 0.2) is 0 Å². The number of rotatable bonds is 5. The van der Waals surface area contributed by atoms with Crippen molar-refractivity contribution in [2.45, 2.75) is 25.5 Å². The minimum atomic E-state index is -0.220. The highest BCUT2D eigenvalue weighted by Crippen LogP contribution is 2.27. The number of piperidine rings is 1. The van der Waals surface area contributed by atoms with Gasteiger partial charge in [0.05, 0.1) is 6.10 Å². The SMILES string of the molecule is COC1CCN(c2ccc(F)cc2CN(C)c2ncccn2)CC1. The third-order valence-electron chi connectivity index (χ3n) is 4.46. The third-order valence-corrected chi connectivity index (χ3v) is 4.46. The number of hydrogen-bond donors (Lipinski definition) is 0. The van der Waals surface area contributed by atoms with Crippen molar-refractivity contribution in [3.8, 4) is 0 Å². The molecule has 0 radical (unpaired) electrons. The molecular formula is C18H23FN4O.